The van der Waals surface area contributed by atoms with Crippen molar-refractivity contribution in [2.75, 3.05) is 30.4 Å². The van der Waals surface area contributed by atoms with E-state index in [1.807, 2.05) is 37.3 Å². The first-order chi connectivity index (χ1) is 12.2. The van der Waals surface area contributed by atoms with Gasteiger partial charge >= 0.3 is 0 Å². The van der Waals surface area contributed by atoms with E-state index in [-0.39, 0.29) is 18.6 Å². The summed E-state index contributed by atoms with van der Waals surface area (Å²) in [4.78, 5) is 16.2. The van der Waals surface area contributed by atoms with Crippen LogP contribution in [0.15, 0.2) is 42.6 Å². The van der Waals surface area contributed by atoms with Crippen molar-refractivity contribution >= 4 is 17.4 Å². The van der Waals surface area contributed by atoms with Crippen LogP contribution in [0.4, 0.5) is 11.5 Å². The second-order valence-electron chi connectivity index (χ2n) is 6.10. The molecule has 0 spiro atoms. The molecule has 132 valence electrons. The van der Waals surface area contributed by atoms with Crippen LogP contribution in [0.3, 0.4) is 0 Å². The van der Waals surface area contributed by atoms with Gasteiger partial charge in [-0.05, 0) is 44.0 Å². The average molecular weight is 341 g/mol. The van der Waals surface area contributed by atoms with Crippen LogP contribution < -0.4 is 15.4 Å². The first-order valence-electron chi connectivity index (χ1n) is 8.50. The molecule has 1 aliphatic rings. The summed E-state index contributed by atoms with van der Waals surface area (Å²) in [6.07, 6.45) is 4.19. The minimum absolute atomic E-state index is 0.0518. The molecule has 0 aliphatic carbocycles. The van der Waals surface area contributed by atoms with Crippen LogP contribution in [-0.2, 0) is 9.53 Å². The van der Waals surface area contributed by atoms with Crippen LogP contribution in [0.5, 0.6) is 5.75 Å². The van der Waals surface area contributed by atoms with Crippen LogP contribution in [0, 0.1) is 6.92 Å². The zero-order valence-electron chi connectivity index (χ0n) is 14.3. The highest BCUT2D eigenvalue weighted by molar-refractivity contribution is 5.91. The number of hydrogen-bond acceptors (Lipinski definition) is 5. The summed E-state index contributed by atoms with van der Waals surface area (Å²) < 4.78 is 11.0. The number of carbonyl (C=O) groups is 1. The van der Waals surface area contributed by atoms with Gasteiger partial charge in [0.05, 0.1) is 18.0 Å². The van der Waals surface area contributed by atoms with Crippen molar-refractivity contribution in [2.45, 2.75) is 25.9 Å². The molecule has 1 unspecified atom stereocenters. The van der Waals surface area contributed by atoms with E-state index in [0.717, 1.165) is 37.2 Å². The summed E-state index contributed by atoms with van der Waals surface area (Å²) in [5.74, 6) is 0.927. The Kier molecular flexibility index (Phi) is 5.85. The molecule has 6 nitrogen and oxygen atoms in total. The van der Waals surface area contributed by atoms with E-state index in [1.165, 1.54) is 0 Å². The van der Waals surface area contributed by atoms with Crippen molar-refractivity contribution in [3.63, 3.8) is 0 Å². The van der Waals surface area contributed by atoms with Crippen LogP contribution in [0.1, 0.15) is 18.4 Å². The second-order valence-corrected chi connectivity index (χ2v) is 6.10. The first-order valence-corrected chi connectivity index (χ1v) is 8.50. The van der Waals surface area contributed by atoms with E-state index in [0.29, 0.717) is 11.6 Å². The highest BCUT2D eigenvalue weighted by atomic mass is 16.5. The number of aromatic nitrogens is 1. The van der Waals surface area contributed by atoms with E-state index in [2.05, 4.69) is 15.6 Å². The average Bonchev–Trinajstić information content (AvgIpc) is 3.14. The fourth-order valence-electron chi connectivity index (χ4n) is 2.57. The minimum atomic E-state index is -0.242. The van der Waals surface area contributed by atoms with E-state index in [1.54, 1.807) is 12.3 Å². The van der Waals surface area contributed by atoms with Crippen LogP contribution in [0.25, 0.3) is 0 Å². The lowest BCUT2D eigenvalue weighted by Gasteiger charge is -2.12. The fourth-order valence-corrected chi connectivity index (χ4v) is 2.57. The Labute approximate surface area is 147 Å². The number of benzene rings is 1. The minimum Gasteiger partial charge on any atom is -0.484 e. The smallest absolute Gasteiger partial charge is 0.263 e. The molecule has 0 saturated carbocycles. The zero-order chi connectivity index (χ0) is 17.5. The number of nitrogens with zero attached hydrogens (tertiary/aromatic N) is 1. The van der Waals surface area contributed by atoms with Crippen LogP contribution >= 0.6 is 0 Å². The molecule has 6 heteroatoms. The van der Waals surface area contributed by atoms with Gasteiger partial charge in [0.2, 0.25) is 0 Å². The summed E-state index contributed by atoms with van der Waals surface area (Å²) >= 11 is 0. The maximum Gasteiger partial charge on any atom is 0.263 e. The summed E-state index contributed by atoms with van der Waals surface area (Å²) in [5, 5.41) is 6.01. The standard InChI is InChI=1S/C19H23N3O3/c1-14-4-7-16(8-5-14)25-13-19(23)22-18-9-6-15(11-21-18)20-12-17-3-2-10-24-17/h4-9,11,17,20H,2-3,10,12-13H2,1H3,(H,21,22,23). The molecule has 3 rings (SSSR count). The Bertz CT molecular complexity index is 680. The predicted octanol–water partition coefficient (Wildman–Crippen LogP) is 3.00. The molecule has 2 N–H and O–H groups in total. The van der Waals surface area contributed by atoms with E-state index < -0.39 is 0 Å². The lowest BCUT2D eigenvalue weighted by atomic mass is 10.2. The van der Waals surface area contributed by atoms with Crippen molar-refractivity contribution in [3.05, 3.63) is 48.2 Å². The third kappa shape index (κ3) is 5.46. The van der Waals surface area contributed by atoms with Crippen molar-refractivity contribution < 1.29 is 14.3 Å². The summed E-state index contributed by atoms with van der Waals surface area (Å²) in [5.41, 5.74) is 2.05. The molecule has 2 aromatic rings. The molecule has 2 heterocycles. The van der Waals surface area contributed by atoms with Crippen LogP contribution in [0.2, 0.25) is 0 Å². The third-order valence-electron chi connectivity index (χ3n) is 3.98. The second kappa shape index (κ2) is 8.48. The molecular weight excluding hydrogens is 318 g/mol. The van der Waals surface area contributed by atoms with E-state index in [4.69, 9.17) is 9.47 Å². The highest BCUT2D eigenvalue weighted by Crippen LogP contribution is 2.15. The van der Waals surface area contributed by atoms with Gasteiger partial charge < -0.3 is 20.1 Å². The third-order valence-corrected chi connectivity index (χ3v) is 3.98. The van der Waals surface area contributed by atoms with Crippen molar-refractivity contribution in [2.24, 2.45) is 0 Å². The lowest BCUT2D eigenvalue weighted by molar-refractivity contribution is -0.118. The van der Waals surface area contributed by atoms with Crippen molar-refractivity contribution in [1.29, 1.82) is 0 Å². The number of pyridine rings is 1. The van der Waals surface area contributed by atoms with E-state index >= 15 is 0 Å². The van der Waals surface area contributed by atoms with E-state index in [9.17, 15) is 4.79 Å². The van der Waals surface area contributed by atoms with Gasteiger partial charge in [-0.15, -0.1) is 0 Å². The quantitative estimate of drug-likeness (QED) is 0.810. The molecule has 1 amide bonds. The SMILES string of the molecule is Cc1ccc(OCC(=O)Nc2ccc(NCC3CCCO3)cn2)cc1. The number of amides is 1. The maximum atomic E-state index is 11.9. The topological polar surface area (TPSA) is 72.5 Å². The number of rotatable bonds is 7. The molecule has 1 fully saturated rings. The Morgan fingerprint density at radius 3 is 2.80 bits per heavy atom. The van der Waals surface area contributed by atoms with Gasteiger partial charge in [-0.2, -0.15) is 0 Å². The molecule has 1 aromatic heterocycles. The summed E-state index contributed by atoms with van der Waals surface area (Å²) in [6, 6.07) is 11.2. The summed E-state index contributed by atoms with van der Waals surface area (Å²) in [6.45, 7) is 3.57. The Hall–Kier alpha value is -2.60. The zero-order valence-corrected chi connectivity index (χ0v) is 14.3. The van der Waals surface area contributed by atoms with Crippen LogP contribution in [-0.4, -0.2) is 36.8 Å². The molecular formula is C19H23N3O3. The van der Waals surface area contributed by atoms with Gasteiger partial charge in [0.15, 0.2) is 6.61 Å². The number of aryl methyl sites for hydroxylation is 1. The van der Waals surface area contributed by atoms with Gasteiger partial charge in [0.1, 0.15) is 11.6 Å². The van der Waals surface area contributed by atoms with Gasteiger partial charge in [0, 0.05) is 13.2 Å². The lowest BCUT2D eigenvalue weighted by Crippen LogP contribution is -2.21. The fraction of sp³-hybridized carbons (Fsp3) is 0.368. The molecule has 1 atom stereocenters. The number of nitrogens with one attached hydrogen (secondary N) is 2. The molecule has 1 aliphatic heterocycles. The number of carbonyl (C=O) groups excluding carboxylic acids is 1. The molecule has 0 bridgehead atoms. The number of ether oxygens (including phenoxy) is 2. The van der Waals surface area contributed by atoms with Gasteiger partial charge in [-0.3, -0.25) is 4.79 Å². The molecule has 25 heavy (non-hydrogen) atoms. The Balaban J connectivity index is 1.42. The number of hydrogen-bond donors (Lipinski definition) is 2. The van der Waals surface area contributed by atoms with Gasteiger partial charge in [0.25, 0.3) is 5.91 Å². The van der Waals surface area contributed by atoms with Gasteiger partial charge in [-0.1, -0.05) is 17.7 Å². The molecule has 1 aromatic carbocycles. The Morgan fingerprint density at radius 1 is 1.28 bits per heavy atom. The van der Waals surface area contributed by atoms with Crippen molar-refractivity contribution in [1.82, 2.24) is 4.98 Å². The highest BCUT2D eigenvalue weighted by Gasteiger charge is 2.14. The predicted molar refractivity (Wildman–Crippen MR) is 97.0 cm³/mol. The van der Waals surface area contributed by atoms with Gasteiger partial charge in [-0.25, -0.2) is 4.98 Å². The Morgan fingerprint density at radius 2 is 2.12 bits per heavy atom. The normalized spacial score (nSPS) is 16.4. The largest absolute Gasteiger partial charge is 0.484 e. The molecule has 0 radical (unpaired) electrons. The number of anilines is 2. The van der Waals surface area contributed by atoms with Crippen molar-refractivity contribution in [3.8, 4) is 5.75 Å². The molecule has 1 saturated heterocycles. The monoisotopic (exact) mass is 341 g/mol. The first kappa shape index (κ1) is 17.2. The summed E-state index contributed by atoms with van der Waals surface area (Å²) in [7, 11) is 0. The maximum absolute atomic E-state index is 11.9.